The predicted octanol–water partition coefficient (Wildman–Crippen LogP) is 5.52. The molecule has 1 saturated heterocycles. The van der Waals surface area contributed by atoms with Gasteiger partial charge >= 0.3 is 0 Å². The highest BCUT2D eigenvalue weighted by atomic mass is 79.9. The number of halogens is 2. The van der Waals surface area contributed by atoms with Gasteiger partial charge in [-0.2, -0.15) is 0 Å². The summed E-state index contributed by atoms with van der Waals surface area (Å²) >= 11 is 16.3. The minimum atomic E-state index is -0.161. The molecule has 3 nitrogen and oxygen atoms in total. The van der Waals surface area contributed by atoms with Crippen LogP contribution in [0, 0.1) is 12.3 Å². The molecule has 2 aromatic carbocycles. The number of anilines is 1. The van der Waals surface area contributed by atoms with Crippen LogP contribution < -0.4 is 9.64 Å². The number of thioether (sulfide) groups is 1. The van der Waals surface area contributed by atoms with E-state index in [9.17, 15) is 4.79 Å². The normalized spacial score (nSPS) is 15.4. The van der Waals surface area contributed by atoms with Gasteiger partial charge in [0.1, 0.15) is 6.61 Å². The molecular weight excluding hydrogens is 454 g/mol. The van der Waals surface area contributed by atoms with Gasteiger partial charge in [0.25, 0.3) is 5.91 Å². The Morgan fingerprint density at radius 1 is 1.35 bits per heavy atom. The van der Waals surface area contributed by atoms with E-state index in [1.165, 1.54) is 16.7 Å². The molecule has 3 rings (SSSR count). The fraction of sp³-hybridized carbons (Fsp3) is 0.0526. The highest BCUT2D eigenvalue weighted by Crippen LogP contribution is 2.38. The number of amides is 1. The molecule has 1 amide bonds. The van der Waals surface area contributed by atoms with Crippen LogP contribution in [0.5, 0.6) is 5.75 Å². The SMILES string of the molecule is C#CCOc1c(Cl)cc(/C=C2/SC(=S)N(c3ccccc3)C2=O)cc1Br. The molecule has 0 bridgehead atoms. The van der Waals surface area contributed by atoms with Crippen molar-refractivity contribution >= 4 is 73.5 Å². The van der Waals surface area contributed by atoms with E-state index >= 15 is 0 Å². The summed E-state index contributed by atoms with van der Waals surface area (Å²) in [6.45, 7) is 0.118. The Morgan fingerprint density at radius 2 is 2.08 bits per heavy atom. The molecule has 1 aliphatic rings. The average Bonchev–Trinajstić information content (AvgIpc) is 2.88. The first kappa shape index (κ1) is 19.0. The van der Waals surface area contributed by atoms with Crippen molar-refractivity contribution in [1.29, 1.82) is 0 Å². The van der Waals surface area contributed by atoms with Crippen molar-refractivity contribution in [2.75, 3.05) is 11.5 Å². The monoisotopic (exact) mass is 463 g/mol. The van der Waals surface area contributed by atoms with E-state index in [2.05, 4.69) is 21.9 Å². The first-order valence-corrected chi connectivity index (χ1v) is 9.79. The molecule has 0 saturated carbocycles. The number of hydrogen-bond acceptors (Lipinski definition) is 4. The van der Waals surface area contributed by atoms with Gasteiger partial charge in [-0.25, -0.2) is 0 Å². The second-order valence-electron chi connectivity index (χ2n) is 5.16. The highest BCUT2D eigenvalue weighted by Gasteiger charge is 2.33. The number of thiocarbonyl (C=S) groups is 1. The zero-order valence-electron chi connectivity index (χ0n) is 13.2. The molecule has 7 heteroatoms. The van der Waals surface area contributed by atoms with Crippen molar-refractivity contribution in [1.82, 2.24) is 0 Å². The zero-order chi connectivity index (χ0) is 18.7. The summed E-state index contributed by atoms with van der Waals surface area (Å²) in [6, 6.07) is 12.8. The number of rotatable bonds is 4. The third-order valence-electron chi connectivity index (χ3n) is 3.43. The summed E-state index contributed by atoms with van der Waals surface area (Å²) in [7, 11) is 0. The predicted molar refractivity (Wildman–Crippen MR) is 116 cm³/mol. The van der Waals surface area contributed by atoms with Gasteiger partial charge in [0, 0.05) is 0 Å². The number of ether oxygens (including phenoxy) is 1. The topological polar surface area (TPSA) is 29.5 Å². The molecule has 0 atom stereocenters. The summed E-state index contributed by atoms with van der Waals surface area (Å²) in [6.07, 6.45) is 6.96. The van der Waals surface area contributed by atoms with E-state index in [-0.39, 0.29) is 12.5 Å². The fourth-order valence-electron chi connectivity index (χ4n) is 2.33. The Kier molecular flexibility index (Phi) is 6.05. The van der Waals surface area contributed by atoms with Gasteiger partial charge in [0.15, 0.2) is 10.1 Å². The van der Waals surface area contributed by atoms with Crippen molar-refractivity contribution in [3.8, 4) is 18.1 Å². The molecule has 26 heavy (non-hydrogen) atoms. The molecule has 2 aromatic rings. The summed E-state index contributed by atoms with van der Waals surface area (Å²) < 4.78 is 6.57. The van der Waals surface area contributed by atoms with Crippen LogP contribution in [0.2, 0.25) is 5.02 Å². The third kappa shape index (κ3) is 3.97. The van der Waals surface area contributed by atoms with E-state index in [1.807, 2.05) is 36.4 Å². The van der Waals surface area contributed by atoms with Crippen molar-refractivity contribution in [3.63, 3.8) is 0 Å². The Hall–Kier alpha value is -1.78. The van der Waals surface area contributed by atoms with Crippen molar-refractivity contribution in [3.05, 3.63) is 62.4 Å². The molecule has 0 unspecified atom stereocenters. The molecule has 0 spiro atoms. The van der Waals surface area contributed by atoms with Crippen molar-refractivity contribution in [2.45, 2.75) is 0 Å². The minimum Gasteiger partial charge on any atom is -0.478 e. The van der Waals surface area contributed by atoms with Crippen LogP contribution in [0.15, 0.2) is 51.8 Å². The first-order valence-electron chi connectivity index (χ1n) is 7.39. The van der Waals surface area contributed by atoms with Crippen LogP contribution in [0.1, 0.15) is 5.56 Å². The number of hydrogen-bond donors (Lipinski definition) is 0. The smallest absolute Gasteiger partial charge is 0.270 e. The van der Waals surface area contributed by atoms with Gasteiger partial charge in [-0.15, -0.1) is 6.42 Å². The summed E-state index contributed by atoms with van der Waals surface area (Å²) in [4.78, 5) is 14.8. The van der Waals surface area contributed by atoms with E-state index in [0.717, 1.165) is 11.3 Å². The van der Waals surface area contributed by atoms with Crippen molar-refractivity contribution in [2.24, 2.45) is 0 Å². The quantitative estimate of drug-likeness (QED) is 0.338. The largest absolute Gasteiger partial charge is 0.478 e. The second-order valence-corrected chi connectivity index (χ2v) is 8.10. The first-order chi connectivity index (χ1) is 12.5. The Labute approximate surface area is 174 Å². The number of nitrogens with zero attached hydrogens (tertiary/aromatic N) is 1. The fourth-order valence-corrected chi connectivity index (χ4v) is 4.62. The van der Waals surface area contributed by atoms with Crippen LogP contribution in [-0.2, 0) is 4.79 Å². The second kappa shape index (κ2) is 8.28. The van der Waals surface area contributed by atoms with Gasteiger partial charge in [0.05, 0.1) is 20.1 Å². The Bertz CT molecular complexity index is 931. The summed E-state index contributed by atoms with van der Waals surface area (Å²) in [5.41, 5.74) is 1.50. The molecule has 1 aliphatic heterocycles. The highest BCUT2D eigenvalue weighted by molar-refractivity contribution is 9.10. The Balaban J connectivity index is 1.90. The Morgan fingerprint density at radius 3 is 2.73 bits per heavy atom. The maximum atomic E-state index is 12.8. The van der Waals surface area contributed by atoms with Crippen LogP contribution in [0.4, 0.5) is 5.69 Å². The average molecular weight is 465 g/mol. The molecular formula is C19H11BrClNO2S2. The van der Waals surface area contributed by atoms with E-state index in [4.69, 9.17) is 35.0 Å². The maximum Gasteiger partial charge on any atom is 0.270 e. The summed E-state index contributed by atoms with van der Waals surface area (Å²) in [5, 5.41) is 0.402. The molecule has 0 N–H and O–H groups in total. The van der Waals surface area contributed by atoms with Crippen LogP contribution >= 0.6 is 51.5 Å². The van der Waals surface area contributed by atoms with E-state index < -0.39 is 0 Å². The number of carbonyl (C=O) groups excluding carboxylic acids is 1. The molecule has 0 radical (unpaired) electrons. The number of para-hydroxylation sites is 1. The zero-order valence-corrected chi connectivity index (χ0v) is 17.2. The van der Waals surface area contributed by atoms with E-state index in [0.29, 0.717) is 24.5 Å². The number of benzene rings is 2. The lowest BCUT2D eigenvalue weighted by Crippen LogP contribution is -2.27. The van der Waals surface area contributed by atoms with Gasteiger partial charge < -0.3 is 4.74 Å². The lowest BCUT2D eigenvalue weighted by atomic mass is 10.2. The number of terminal acetylenes is 1. The van der Waals surface area contributed by atoms with Crippen LogP contribution in [0.3, 0.4) is 0 Å². The lowest BCUT2D eigenvalue weighted by molar-refractivity contribution is -0.113. The van der Waals surface area contributed by atoms with Gasteiger partial charge in [-0.05, 0) is 51.8 Å². The standard InChI is InChI=1S/C19H11BrClNO2S2/c1-2-8-24-17-14(20)9-12(10-15(17)21)11-16-18(23)22(19(25)26-16)13-6-4-3-5-7-13/h1,3-7,9-11H,8H2/b16-11+. The van der Waals surface area contributed by atoms with Crippen LogP contribution in [0.25, 0.3) is 6.08 Å². The lowest BCUT2D eigenvalue weighted by Gasteiger charge is -2.13. The van der Waals surface area contributed by atoms with Gasteiger partial charge in [-0.1, -0.05) is 59.7 Å². The van der Waals surface area contributed by atoms with Gasteiger partial charge in [-0.3, -0.25) is 9.69 Å². The van der Waals surface area contributed by atoms with Gasteiger partial charge in [0.2, 0.25) is 0 Å². The molecule has 0 aliphatic carbocycles. The summed E-state index contributed by atoms with van der Waals surface area (Å²) in [5.74, 6) is 2.70. The molecule has 130 valence electrons. The third-order valence-corrected chi connectivity index (χ3v) is 5.60. The molecule has 0 aromatic heterocycles. The van der Waals surface area contributed by atoms with Crippen LogP contribution in [-0.4, -0.2) is 16.8 Å². The minimum absolute atomic E-state index is 0.118. The molecule has 1 fully saturated rings. The molecule has 1 heterocycles. The number of carbonyl (C=O) groups is 1. The van der Waals surface area contributed by atoms with E-state index in [1.54, 1.807) is 12.1 Å². The maximum absolute atomic E-state index is 12.8. The van der Waals surface area contributed by atoms with Crippen molar-refractivity contribution < 1.29 is 9.53 Å².